The lowest BCUT2D eigenvalue weighted by Gasteiger charge is -2.31. The summed E-state index contributed by atoms with van der Waals surface area (Å²) in [5, 5.41) is 0. The number of likely N-dealkylation sites (tertiary alicyclic amines) is 1. The number of esters is 1. The fraction of sp³-hybridized carbons (Fsp3) is 0.857. The molecule has 18 heavy (non-hydrogen) atoms. The van der Waals surface area contributed by atoms with Gasteiger partial charge in [-0.2, -0.15) is 0 Å². The Labute approximate surface area is 109 Å². The minimum absolute atomic E-state index is 0.000302. The van der Waals surface area contributed by atoms with Crippen molar-refractivity contribution in [2.24, 2.45) is 5.92 Å². The van der Waals surface area contributed by atoms with Crippen LogP contribution in [0.5, 0.6) is 0 Å². The maximum atomic E-state index is 11.8. The number of fused-ring (bicyclic) bond motifs is 1. The number of ether oxygens (including phenoxy) is 1. The zero-order valence-electron chi connectivity index (χ0n) is 11.2. The lowest BCUT2D eigenvalue weighted by Crippen LogP contribution is -2.38. The molecule has 0 aromatic carbocycles. The quantitative estimate of drug-likeness (QED) is 0.553. The van der Waals surface area contributed by atoms with E-state index in [1.807, 2.05) is 0 Å². The van der Waals surface area contributed by atoms with Gasteiger partial charge in [-0.25, -0.2) is 0 Å². The number of carbonyl (C=O) groups excluding carboxylic acids is 2. The second-order valence-corrected chi connectivity index (χ2v) is 5.39. The van der Waals surface area contributed by atoms with Gasteiger partial charge >= 0.3 is 5.97 Å². The van der Waals surface area contributed by atoms with E-state index in [0.717, 1.165) is 12.5 Å². The molecule has 0 aromatic heterocycles. The average Bonchev–Trinajstić information content (AvgIpc) is 2.73. The SMILES string of the molecule is CCOC(=O)CC(=O)CN1CCC2CCCCC21. The molecule has 1 aliphatic carbocycles. The summed E-state index contributed by atoms with van der Waals surface area (Å²) >= 11 is 0. The van der Waals surface area contributed by atoms with Crippen LogP contribution in [0.25, 0.3) is 0 Å². The molecule has 1 heterocycles. The Balaban J connectivity index is 1.79. The molecule has 4 heteroatoms. The van der Waals surface area contributed by atoms with Gasteiger partial charge in [0.25, 0.3) is 0 Å². The zero-order valence-corrected chi connectivity index (χ0v) is 11.2. The fourth-order valence-corrected chi connectivity index (χ4v) is 3.35. The van der Waals surface area contributed by atoms with Crippen LogP contribution in [0.3, 0.4) is 0 Å². The molecule has 2 rings (SSSR count). The maximum absolute atomic E-state index is 11.8. The topological polar surface area (TPSA) is 46.6 Å². The smallest absolute Gasteiger partial charge is 0.313 e. The third-order valence-electron chi connectivity index (χ3n) is 4.15. The van der Waals surface area contributed by atoms with Gasteiger partial charge in [0.1, 0.15) is 6.42 Å². The lowest BCUT2D eigenvalue weighted by molar-refractivity contribution is -0.145. The van der Waals surface area contributed by atoms with Crippen LogP contribution in [0.1, 0.15) is 45.4 Å². The van der Waals surface area contributed by atoms with E-state index in [0.29, 0.717) is 19.2 Å². The Bertz CT molecular complexity index is 316. The average molecular weight is 253 g/mol. The van der Waals surface area contributed by atoms with E-state index in [1.54, 1.807) is 6.92 Å². The first-order valence-electron chi connectivity index (χ1n) is 7.12. The monoisotopic (exact) mass is 253 g/mol. The second-order valence-electron chi connectivity index (χ2n) is 5.39. The van der Waals surface area contributed by atoms with Crippen LogP contribution in [-0.4, -0.2) is 42.4 Å². The van der Waals surface area contributed by atoms with Crippen molar-refractivity contribution in [3.8, 4) is 0 Å². The molecule has 0 amide bonds. The highest BCUT2D eigenvalue weighted by Gasteiger charge is 2.36. The molecule has 1 saturated heterocycles. The molecule has 0 bridgehead atoms. The van der Waals surface area contributed by atoms with Crippen LogP contribution >= 0.6 is 0 Å². The van der Waals surface area contributed by atoms with Gasteiger partial charge < -0.3 is 4.74 Å². The third kappa shape index (κ3) is 3.31. The maximum Gasteiger partial charge on any atom is 0.313 e. The Morgan fingerprint density at radius 1 is 1.22 bits per heavy atom. The zero-order chi connectivity index (χ0) is 13.0. The molecule has 0 spiro atoms. The Hall–Kier alpha value is -0.900. The summed E-state index contributed by atoms with van der Waals surface area (Å²) in [4.78, 5) is 25.3. The van der Waals surface area contributed by atoms with Gasteiger partial charge in [-0.05, 0) is 38.6 Å². The van der Waals surface area contributed by atoms with E-state index >= 15 is 0 Å². The molecule has 1 saturated carbocycles. The van der Waals surface area contributed by atoms with Crippen molar-refractivity contribution in [1.82, 2.24) is 4.90 Å². The number of hydrogen-bond donors (Lipinski definition) is 0. The van der Waals surface area contributed by atoms with Crippen LogP contribution in [0, 0.1) is 5.92 Å². The molecule has 4 nitrogen and oxygen atoms in total. The normalized spacial score (nSPS) is 27.8. The molecular formula is C14H23NO3. The molecule has 2 unspecified atom stereocenters. The van der Waals surface area contributed by atoms with Gasteiger partial charge in [-0.15, -0.1) is 0 Å². The van der Waals surface area contributed by atoms with E-state index in [9.17, 15) is 9.59 Å². The summed E-state index contributed by atoms with van der Waals surface area (Å²) in [6.45, 7) is 3.56. The molecule has 0 radical (unpaired) electrons. The number of carbonyl (C=O) groups is 2. The van der Waals surface area contributed by atoms with E-state index in [1.165, 1.54) is 32.1 Å². The molecule has 0 N–H and O–H groups in total. The minimum atomic E-state index is -0.387. The van der Waals surface area contributed by atoms with Crippen LogP contribution in [-0.2, 0) is 14.3 Å². The number of rotatable bonds is 5. The van der Waals surface area contributed by atoms with Crippen LogP contribution in [0.2, 0.25) is 0 Å². The first-order chi connectivity index (χ1) is 8.70. The summed E-state index contributed by atoms with van der Waals surface area (Å²) in [7, 11) is 0. The molecule has 2 fully saturated rings. The van der Waals surface area contributed by atoms with Gasteiger partial charge in [-0.1, -0.05) is 12.8 Å². The summed E-state index contributed by atoms with van der Waals surface area (Å²) in [5.74, 6) is 0.399. The van der Waals surface area contributed by atoms with Gasteiger partial charge in [0.15, 0.2) is 5.78 Å². The van der Waals surface area contributed by atoms with Crippen molar-refractivity contribution in [3.63, 3.8) is 0 Å². The van der Waals surface area contributed by atoms with E-state index in [2.05, 4.69) is 4.90 Å². The van der Waals surface area contributed by atoms with Crippen molar-refractivity contribution in [2.45, 2.75) is 51.5 Å². The third-order valence-corrected chi connectivity index (χ3v) is 4.15. The number of nitrogens with zero attached hydrogens (tertiary/aromatic N) is 1. The number of hydrogen-bond acceptors (Lipinski definition) is 4. The highest BCUT2D eigenvalue weighted by Crippen LogP contribution is 2.35. The van der Waals surface area contributed by atoms with E-state index in [-0.39, 0.29) is 18.2 Å². The number of ketones is 1. The molecule has 0 aromatic rings. The van der Waals surface area contributed by atoms with Crippen molar-refractivity contribution in [2.75, 3.05) is 19.7 Å². The highest BCUT2D eigenvalue weighted by molar-refractivity contribution is 5.96. The van der Waals surface area contributed by atoms with Crippen molar-refractivity contribution in [1.29, 1.82) is 0 Å². The van der Waals surface area contributed by atoms with Crippen LogP contribution in [0.15, 0.2) is 0 Å². The minimum Gasteiger partial charge on any atom is -0.466 e. The summed E-state index contributed by atoms with van der Waals surface area (Å²) < 4.78 is 4.81. The largest absolute Gasteiger partial charge is 0.466 e. The first kappa shape index (κ1) is 13.5. The summed E-state index contributed by atoms with van der Waals surface area (Å²) in [5.41, 5.74) is 0. The van der Waals surface area contributed by atoms with E-state index in [4.69, 9.17) is 4.74 Å². The van der Waals surface area contributed by atoms with Crippen LogP contribution in [0.4, 0.5) is 0 Å². The van der Waals surface area contributed by atoms with Crippen molar-refractivity contribution < 1.29 is 14.3 Å². The summed E-state index contributed by atoms with van der Waals surface area (Å²) in [6, 6.07) is 0.588. The molecule has 102 valence electrons. The molecule has 2 aliphatic rings. The standard InChI is InChI=1S/C14H23NO3/c1-2-18-14(17)9-12(16)10-15-8-7-11-5-3-4-6-13(11)15/h11,13H,2-10H2,1H3. The lowest BCUT2D eigenvalue weighted by atomic mass is 9.85. The van der Waals surface area contributed by atoms with Crippen LogP contribution < -0.4 is 0 Å². The Kier molecular flexibility index (Phi) is 4.75. The molecular weight excluding hydrogens is 230 g/mol. The molecule has 2 atom stereocenters. The van der Waals surface area contributed by atoms with Gasteiger partial charge in [-0.3, -0.25) is 14.5 Å². The van der Waals surface area contributed by atoms with Gasteiger partial charge in [0.2, 0.25) is 0 Å². The summed E-state index contributed by atoms with van der Waals surface area (Å²) in [6.07, 6.45) is 6.30. The Morgan fingerprint density at radius 3 is 2.78 bits per heavy atom. The predicted octanol–water partition coefficient (Wildman–Crippen LogP) is 1.77. The van der Waals surface area contributed by atoms with E-state index < -0.39 is 0 Å². The Morgan fingerprint density at radius 2 is 2.00 bits per heavy atom. The first-order valence-corrected chi connectivity index (χ1v) is 7.12. The fourth-order valence-electron chi connectivity index (χ4n) is 3.35. The van der Waals surface area contributed by atoms with Gasteiger partial charge in [0.05, 0.1) is 13.2 Å². The predicted molar refractivity (Wildman–Crippen MR) is 68.2 cm³/mol. The van der Waals surface area contributed by atoms with Gasteiger partial charge in [0, 0.05) is 6.04 Å². The highest BCUT2D eigenvalue weighted by atomic mass is 16.5. The number of Topliss-reactive ketones (excluding diaryl/α,β-unsaturated/α-hetero) is 1. The second kappa shape index (κ2) is 6.32. The van der Waals surface area contributed by atoms with Crippen molar-refractivity contribution in [3.05, 3.63) is 0 Å². The van der Waals surface area contributed by atoms with Crippen molar-refractivity contribution >= 4 is 11.8 Å². The molecule has 1 aliphatic heterocycles.